The van der Waals surface area contributed by atoms with Crippen LogP contribution in [0.2, 0.25) is 0 Å². The molecule has 1 aromatic rings. The predicted octanol–water partition coefficient (Wildman–Crippen LogP) is 2.20. The number of rotatable bonds is 5. The largest absolute Gasteiger partial charge is 0.492 e. The summed E-state index contributed by atoms with van der Waals surface area (Å²) in [5.74, 6) is 0.304. The second kappa shape index (κ2) is 5.09. The molecule has 2 bridgehead atoms. The van der Waals surface area contributed by atoms with E-state index in [1.165, 1.54) is 17.8 Å². The lowest BCUT2D eigenvalue weighted by molar-refractivity contribution is -0.119. The quantitative estimate of drug-likeness (QED) is 0.726. The number of nitrogens with one attached hydrogen (secondary N) is 1. The first-order chi connectivity index (χ1) is 9.58. The number of hydrogen-bond acceptors (Lipinski definition) is 5. The molecule has 0 aliphatic heterocycles. The van der Waals surface area contributed by atoms with Gasteiger partial charge in [0.25, 0.3) is 0 Å². The van der Waals surface area contributed by atoms with Crippen molar-refractivity contribution in [1.29, 1.82) is 0 Å². The van der Waals surface area contributed by atoms with Gasteiger partial charge < -0.3 is 16.2 Å². The maximum atomic E-state index is 11.4. The summed E-state index contributed by atoms with van der Waals surface area (Å²) in [4.78, 5) is 16.1. The van der Waals surface area contributed by atoms with Crippen LogP contribution in [0.4, 0.5) is 5.13 Å². The SMILES string of the molecule is CCC(C(N)=O)c1sc(NC2CC3C=CC2C3)nc1O. The maximum Gasteiger partial charge on any atom is 0.228 e. The number of carbonyl (C=O) groups excluding carboxylic acids is 1. The molecule has 6 heteroatoms. The second-order valence-electron chi connectivity index (χ2n) is 5.60. The number of hydrogen-bond donors (Lipinski definition) is 3. The van der Waals surface area contributed by atoms with Gasteiger partial charge in [-0.3, -0.25) is 4.79 Å². The first-order valence-corrected chi connectivity index (χ1v) is 7.84. The lowest BCUT2D eigenvalue weighted by atomic mass is 10.0. The summed E-state index contributed by atoms with van der Waals surface area (Å²) in [7, 11) is 0. The zero-order valence-electron chi connectivity index (χ0n) is 11.4. The van der Waals surface area contributed by atoms with E-state index in [9.17, 15) is 9.90 Å². The average Bonchev–Trinajstić information content (AvgIpc) is 3.07. The van der Waals surface area contributed by atoms with Crippen LogP contribution < -0.4 is 11.1 Å². The molecule has 0 aromatic carbocycles. The molecule has 4 N–H and O–H groups in total. The molecule has 0 radical (unpaired) electrons. The lowest BCUT2D eigenvalue weighted by Crippen LogP contribution is -2.23. The Labute approximate surface area is 121 Å². The van der Waals surface area contributed by atoms with Crippen LogP contribution in [0, 0.1) is 11.8 Å². The van der Waals surface area contributed by atoms with Crippen molar-refractivity contribution in [3.63, 3.8) is 0 Å². The Kier molecular flexibility index (Phi) is 3.41. The van der Waals surface area contributed by atoms with E-state index in [1.807, 2.05) is 6.92 Å². The van der Waals surface area contributed by atoms with E-state index in [-0.39, 0.29) is 5.88 Å². The highest BCUT2D eigenvalue weighted by molar-refractivity contribution is 7.16. The Bertz CT molecular complexity index is 555. The van der Waals surface area contributed by atoms with Crippen LogP contribution in [-0.4, -0.2) is 22.0 Å². The normalized spacial score (nSPS) is 28.8. The summed E-state index contributed by atoms with van der Waals surface area (Å²) in [5, 5.41) is 14.0. The van der Waals surface area contributed by atoms with Crippen LogP contribution in [0.1, 0.15) is 37.0 Å². The number of aromatic nitrogens is 1. The number of primary amides is 1. The fourth-order valence-electron chi connectivity index (χ4n) is 3.23. The number of nitrogens with two attached hydrogens (primary N) is 1. The van der Waals surface area contributed by atoms with Crippen LogP contribution in [0.5, 0.6) is 5.88 Å². The Morgan fingerprint density at radius 3 is 2.95 bits per heavy atom. The molecule has 2 aliphatic rings. The number of carbonyl (C=O) groups is 1. The van der Waals surface area contributed by atoms with E-state index in [1.54, 1.807) is 0 Å². The van der Waals surface area contributed by atoms with E-state index in [0.29, 0.717) is 34.3 Å². The Hall–Kier alpha value is -1.56. The van der Waals surface area contributed by atoms with Crippen molar-refractivity contribution in [2.75, 3.05) is 5.32 Å². The van der Waals surface area contributed by atoms with E-state index in [4.69, 9.17) is 5.73 Å². The number of fused-ring (bicyclic) bond motifs is 2. The number of anilines is 1. The summed E-state index contributed by atoms with van der Waals surface area (Å²) in [6, 6.07) is 0.386. The second-order valence-corrected chi connectivity index (χ2v) is 6.63. The molecular weight excluding hydrogens is 274 g/mol. The number of thiazole rings is 1. The molecule has 108 valence electrons. The van der Waals surface area contributed by atoms with Gasteiger partial charge in [0.15, 0.2) is 5.13 Å². The molecule has 1 saturated carbocycles. The van der Waals surface area contributed by atoms with Crippen LogP contribution >= 0.6 is 11.3 Å². The highest BCUT2D eigenvalue weighted by atomic mass is 32.1. The van der Waals surface area contributed by atoms with Crippen molar-refractivity contribution in [3.8, 4) is 5.88 Å². The molecule has 1 heterocycles. The van der Waals surface area contributed by atoms with Gasteiger partial charge in [0, 0.05) is 6.04 Å². The Balaban J connectivity index is 1.75. The van der Waals surface area contributed by atoms with Gasteiger partial charge in [0.2, 0.25) is 11.8 Å². The van der Waals surface area contributed by atoms with Crippen LogP contribution in [0.15, 0.2) is 12.2 Å². The number of nitrogens with zero attached hydrogens (tertiary/aromatic N) is 1. The first-order valence-electron chi connectivity index (χ1n) is 7.02. The zero-order valence-corrected chi connectivity index (χ0v) is 12.2. The van der Waals surface area contributed by atoms with E-state index < -0.39 is 11.8 Å². The fraction of sp³-hybridized carbons (Fsp3) is 0.571. The van der Waals surface area contributed by atoms with Gasteiger partial charge >= 0.3 is 0 Å². The molecule has 4 unspecified atom stereocenters. The molecule has 1 amide bonds. The van der Waals surface area contributed by atoms with Crippen molar-refractivity contribution in [1.82, 2.24) is 4.98 Å². The third-order valence-corrected chi connectivity index (χ3v) is 5.38. The molecular formula is C14H19N3O2S. The molecule has 5 nitrogen and oxygen atoms in total. The maximum absolute atomic E-state index is 11.4. The van der Waals surface area contributed by atoms with Gasteiger partial charge in [0.05, 0.1) is 10.8 Å². The molecule has 3 rings (SSSR count). The topological polar surface area (TPSA) is 88.2 Å². The highest BCUT2D eigenvalue weighted by Gasteiger charge is 2.36. The Morgan fingerprint density at radius 2 is 2.40 bits per heavy atom. The molecule has 0 spiro atoms. The van der Waals surface area contributed by atoms with Crippen LogP contribution in [0.25, 0.3) is 0 Å². The summed E-state index contributed by atoms with van der Waals surface area (Å²) < 4.78 is 0. The summed E-state index contributed by atoms with van der Waals surface area (Å²) in [6.45, 7) is 1.88. The molecule has 20 heavy (non-hydrogen) atoms. The van der Waals surface area contributed by atoms with Crippen molar-refractivity contribution in [2.24, 2.45) is 17.6 Å². The summed E-state index contributed by atoms with van der Waals surface area (Å²) in [5.41, 5.74) is 5.37. The minimum Gasteiger partial charge on any atom is -0.492 e. The monoisotopic (exact) mass is 293 g/mol. The lowest BCUT2D eigenvalue weighted by Gasteiger charge is -2.18. The smallest absolute Gasteiger partial charge is 0.228 e. The predicted molar refractivity (Wildman–Crippen MR) is 78.8 cm³/mol. The van der Waals surface area contributed by atoms with E-state index >= 15 is 0 Å². The van der Waals surface area contributed by atoms with Gasteiger partial charge in [-0.25, -0.2) is 0 Å². The van der Waals surface area contributed by atoms with Crippen molar-refractivity contribution in [3.05, 3.63) is 17.0 Å². The molecule has 1 aromatic heterocycles. The highest BCUT2D eigenvalue weighted by Crippen LogP contribution is 2.42. The van der Waals surface area contributed by atoms with Crippen LogP contribution in [-0.2, 0) is 4.79 Å². The zero-order chi connectivity index (χ0) is 14.3. The Morgan fingerprint density at radius 1 is 1.60 bits per heavy atom. The van der Waals surface area contributed by atoms with Gasteiger partial charge in [0.1, 0.15) is 0 Å². The van der Waals surface area contributed by atoms with Gasteiger partial charge in [-0.15, -0.1) is 0 Å². The molecule has 0 saturated heterocycles. The molecule has 2 aliphatic carbocycles. The van der Waals surface area contributed by atoms with Crippen molar-refractivity contribution >= 4 is 22.4 Å². The summed E-state index contributed by atoms with van der Waals surface area (Å²) >= 11 is 1.34. The minimum atomic E-state index is -0.456. The number of amides is 1. The number of aromatic hydroxyl groups is 1. The molecule has 4 atom stereocenters. The van der Waals surface area contributed by atoms with Gasteiger partial charge in [-0.05, 0) is 31.1 Å². The van der Waals surface area contributed by atoms with Gasteiger partial charge in [-0.1, -0.05) is 30.4 Å². The first kappa shape index (κ1) is 13.4. The number of allylic oxidation sites excluding steroid dienone is 1. The molecule has 1 fully saturated rings. The van der Waals surface area contributed by atoms with Gasteiger partial charge in [-0.2, -0.15) is 4.98 Å². The van der Waals surface area contributed by atoms with Crippen LogP contribution in [0.3, 0.4) is 0 Å². The third-order valence-electron chi connectivity index (χ3n) is 4.29. The van der Waals surface area contributed by atoms with Crippen molar-refractivity contribution in [2.45, 2.75) is 38.1 Å². The van der Waals surface area contributed by atoms with E-state index in [2.05, 4.69) is 22.5 Å². The minimum absolute atomic E-state index is 0.0677. The third kappa shape index (κ3) is 2.28. The standard InChI is InChI=1S/C14H19N3O2S/c1-2-9(12(15)18)11-13(19)17-14(20-11)16-10-6-7-3-4-8(10)5-7/h3-4,7-10,19H,2,5-6H2,1H3,(H2,15,18)(H,16,17). The average molecular weight is 293 g/mol. The summed E-state index contributed by atoms with van der Waals surface area (Å²) in [6.07, 6.45) is 7.44. The van der Waals surface area contributed by atoms with E-state index in [0.717, 1.165) is 6.42 Å². The van der Waals surface area contributed by atoms with Crippen molar-refractivity contribution < 1.29 is 9.90 Å². The fourth-order valence-corrected chi connectivity index (χ4v) is 4.35.